The highest BCUT2D eigenvalue weighted by molar-refractivity contribution is 5.66. The van der Waals surface area contributed by atoms with Crippen molar-refractivity contribution >= 4 is 17.2 Å². The number of nitrogens with zero attached hydrogens (tertiary/aromatic N) is 5. The molecule has 4 unspecified atom stereocenters. The van der Waals surface area contributed by atoms with Crippen molar-refractivity contribution in [2.24, 2.45) is 11.7 Å². The van der Waals surface area contributed by atoms with Gasteiger partial charge in [-0.1, -0.05) is 6.92 Å². The second-order valence-electron chi connectivity index (χ2n) is 11.7. The van der Waals surface area contributed by atoms with Crippen molar-refractivity contribution in [3.8, 4) is 17.3 Å². The fourth-order valence-corrected chi connectivity index (χ4v) is 6.49. The first-order chi connectivity index (χ1) is 21.3. The lowest BCUT2D eigenvalue weighted by atomic mass is 9.74. The van der Waals surface area contributed by atoms with Crippen LogP contribution in [0.25, 0.3) is 16.8 Å². The molecule has 1 saturated heterocycles. The van der Waals surface area contributed by atoms with Gasteiger partial charge in [-0.05, 0) is 66.1 Å². The van der Waals surface area contributed by atoms with Crippen molar-refractivity contribution in [2.45, 2.75) is 62.8 Å². The minimum Gasteiger partial charge on any atom is -0.381 e. The molecule has 4 atom stereocenters. The summed E-state index contributed by atoms with van der Waals surface area (Å²) in [6, 6.07) is 9.13. The topological polar surface area (TPSA) is 123 Å². The van der Waals surface area contributed by atoms with E-state index in [1.807, 2.05) is 6.07 Å². The van der Waals surface area contributed by atoms with E-state index in [-0.39, 0.29) is 66.9 Å². The second kappa shape index (κ2) is 12.5. The number of nitrogens with one attached hydrogen (secondary N) is 1. The Balaban J connectivity index is 1.27. The van der Waals surface area contributed by atoms with Gasteiger partial charge in [-0.15, -0.1) is 0 Å². The van der Waals surface area contributed by atoms with Gasteiger partial charge < -0.3 is 20.5 Å². The predicted octanol–water partition coefficient (Wildman–Crippen LogP) is 5.93. The average Bonchev–Trinajstić information content (AvgIpc) is 3.40. The molecule has 6 rings (SSSR count). The molecule has 1 saturated carbocycles. The highest BCUT2D eigenvalue weighted by atomic mass is 19.1. The molecule has 3 N–H and O–H groups in total. The van der Waals surface area contributed by atoms with Crippen LogP contribution in [0.4, 0.5) is 24.8 Å². The van der Waals surface area contributed by atoms with Crippen molar-refractivity contribution in [1.82, 2.24) is 19.6 Å². The van der Waals surface area contributed by atoms with E-state index in [1.54, 1.807) is 24.7 Å². The van der Waals surface area contributed by atoms with E-state index in [4.69, 9.17) is 20.5 Å². The number of nitrogens with two attached hydrogens (primary N) is 1. The minimum absolute atomic E-state index is 0.0356. The van der Waals surface area contributed by atoms with Gasteiger partial charge in [0.2, 0.25) is 5.95 Å². The first-order valence-electron chi connectivity index (χ1n) is 14.8. The van der Waals surface area contributed by atoms with Gasteiger partial charge in [0, 0.05) is 38.3 Å². The summed E-state index contributed by atoms with van der Waals surface area (Å²) in [5, 5.41) is 16.7. The van der Waals surface area contributed by atoms with E-state index >= 15 is 13.2 Å². The van der Waals surface area contributed by atoms with E-state index in [9.17, 15) is 0 Å². The number of halogens is 3. The average molecular weight is 606 g/mol. The zero-order valence-corrected chi connectivity index (χ0v) is 24.3. The van der Waals surface area contributed by atoms with Crippen molar-refractivity contribution in [2.75, 3.05) is 25.1 Å². The van der Waals surface area contributed by atoms with E-state index in [0.29, 0.717) is 36.6 Å². The Morgan fingerprint density at radius 1 is 1.16 bits per heavy atom. The van der Waals surface area contributed by atoms with Crippen LogP contribution in [-0.2, 0) is 15.1 Å². The zero-order chi connectivity index (χ0) is 30.8. The number of rotatable bonds is 8. The molecule has 2 fully saturated rings. The third-order valence-corrected chi connectivity index (χ3v) is 8.75. The van der Waals surface area contributed by atoms with Crippen molar-refractivity contribution in [1.29, 1.82) is 5.26 Å². The Morgan fingerprint density at radius 3 is 2.66 bits per heavy atom. The molecule has 3 aromatic heterocycles. The highest BCUT2D eigenvalue weighted by Crippen LogP contribution is 2.41. The number of imidazole rings is 1. The number of ether oxygens (including phenoxy) is 2. The Hall–Kier alpha value is -4.05. The predicted molar refractivity (Wildman–Crippen MR) is 158 cm³/mol. The molecule has 44 heavy (non-hydrogen) atoms. The van der Waals surface area contributed by atoms with Crippen LogP contribution >= 0.6 is 0 Å². The maximum absolute atomic E-state index is 15.4. The van der Waals surface area contributed by atoms with E-state index in [1.165, 1.54) is 10.6 Å². The van der Waals surface area contributed by atoms with E-state index in [2.05, 4.69) is 33.4 Å². The van der Waals surface area contributed by atoms with E-state index in [0.717, 1.165) is 24.1 Å². The lowest BCUT2D eigenvalue weighted by Crippen LogP contribution is -2.46. The maximum atomic E-state index is 15.4. The number of fused-ring (bicyclic) bond motifs is 1. The molecule has 1 aliphatic carbocycles. The molecule has 0 bridgehead atoms. The van der Waals surface area contributed by atoms with Crippen LogP contribution in [0.2, 0.25) is 0 Å². The summed E-state index contributed by atoms with van der Waals surface area (Å²) < 4.78 is 58.8. The van der Waals surface area contributed by atoms with Crippen LogP contribution in [-0.4, -0.2) is 51.5 Å². The number of pyridine rings is 1. The molecule has 230 valence electrons. The Kier molecular flexibility index (Phi) is 8.53. The normalized spacial score (nSPS) is 23.4. The van der Waals surface area contributed by atoms with Gasteiger partial charge in [-0.25, -0.2) is 18.2 Å². The smallest absolute Gasteiger partial charge is 0.229 e. The summed E-state index contributed by atoms with van der Waals surface area (Å²) in [4.78, 5) is 8.77. The third-order valence-electron chi connectivity index (χ3n) is 8.75. The summed E-state index contributed by atoms with van der Waals surface area (Å²) in [6.45, 7) is 2.85. The van der Waals surface area contributed by atoms with Crippen molar-refractivity contribution in [3.05, 3.63) is 71.7 Å². The summed E-state index contributed by atoms with van der Waals surface area (Å²) in [5.74, 6) is -1.15. The molecule has 9 nitrogen and oxygen atoms in total. The first-order valence-corrected chi connectivity index (χ1v) is 14.8. The zero-order valence-electron chi connectivity index (χ0n) is 24.3. The molecule has 0 radical (unpaired) electrons. The van der Waals surface area contributed by atoms with Crippen LogP contribution in [0, 0.1) is 28.9 Å². The molecule has 0 spiro atoms. The number of hydrogen-bond donors (Lipinski definition) is 2. The highest BCUT2D eigenvalue weighted by Gasteiger charge is 2.37. The van der Waals surface area contributed by atoms with E-state index < -0.39 is 17.3 Å². The molecule has 4 aromatic rings. The molecule has 0 amide bonds. The molecular weight excluding hydrogens is 571 g/mol. The Labute approximate surface area is 253 Å². The molecular formula is C32H34F3N7O2. The SMILES string of the molecule is CC1CC(c2ccncc2Nc2ncc3ccc(-c4c(F)cc(C5(F)CCOCC5)cc4F)nn23)CC(N)C1OCCC#N. The van der Waals surface area contributed by atoms with Crippen LogP contribution in [0.3, 0.4) is 0 Å². The third kappa shape index (κ3) is 5.87. The number of benzene rings is 1. The quantitative estimate of drug-likeness (QED) is 0.237. The van der Waals surface area contributed by atoms with Crippen LogP contribution in [0.1, 0.15) is 56.1 Å². The summed E-state index contributed by atoms with van der Waals surface area (Å²) in [5.41, 5.74) is 6.68. The van der Waals surface area contributed by atoms with Crippen molar-refractivity contribution in [3.63, 3.8) is 0 Å². The number of alkyl halides is 1. The largest absolute Gasteiger partial charge is 0.381 e. The van der Waals surface area contributed by atoms with Gasteiger partial charge >= 0.3 is 0 Å². The molecule has 12 heteroatoms. The fourth-order valence-electron chi connectivity index (χ4n) is 6.49. The number of anilines is 2. The van der Waals surface area contributed by atoms with Gasteiger partial charge in [-0.3, -0.25) is 4.98 Å². The number of nitriles is 1. The van der Waals surface area contributed by atoms with Crippen LogP contribution < -0.4 is 11.1 Å². The first kappa shape index (κ1) is 30.0. The molecule has 4 heterocycles. The summed E-state index contributed by atoms with van der Waals surface area (Å²) in [7, 11) is 0. The maximum Gasteiger partial charge on any atom is 0.229 e. The Morgan fingerprint density at radius 2 is 1.93 bits per heavy atom. The van der Waals surface area contributed by atoms with Gasteiger partial charge in [0.05, 0.1) is 60.1 Å². The van der Waals surface area contributed by atoms with Gasteiger partial charge in [-0.2, -0.15) is 14.9 Å². The number of aromatic nitrogens is 4. The second-order valence-corrected chi connectivity index (χ2v) is 11.7. The van der Waals surface area contributed by atoms with Gasteiger partial charge in [0.25, 0.3) is 0 Å². The molecule has 2 aliphatic rings. The Bertz CT molecular complexity index is 1650. The molecule has 1 aliphatic heterocycles. The van der Waals surface area contributed by atoms with Crippen LogP contribution in [0.15, 0.2) is 48.9 Å². The summed E-state index contributed by atoms with van der Waals surface area (Å²) >= 11 is 0. The van der Waals surface area contributed by atoms with Gasteiger partial charge in [0.15, 0.2) is 0 Å². The van der Waals surface area contributed by atoms with Crippen LogP contribution in [0.5, 0.6) is 0 Å². The molecule has 1 aromatic carbocycles. The number of hydrogen-bond acceptors (Lipinski definition) is 8. The fraction of sp³-hybridized carbons (Fsp3) is 0.438. The lowest BCUT2D eigenvalue weighted by Gasteiger charge is -2.39. The monoisotopic (exact) mass is 605 g/mol. The standard InChI is InChI=1S/C32H34F3N7O2/c1-19-13-20(14-26(37)30(19)44-10-2-8-36)23-5-9-38-18-28(23)40-31-39-17-22-3-4-27(41-42(22)31)29-24(33)15-21(16-25(29)34)32(35)6-11-43-12-7-32/h3-5,9,15-20,26,30H,2,6-7,10-14,37H2,1H3,(H,39,40). The minimum atomic E-state index is -1.84. The summed E-state index contributed by atoms with van der Waals surface area (Å²) in [6.07, 6.45) is 6.82. The lowest BCUT2D eigenvalue weighted by molar-refractivity contribution is -0.0198. The van der Waals surface area contributed by atoms with Crippen molar-refractivity contribution < 1.29 is 22.6 Å². The van der Waals surface area contributed by atoms with Gasteiger partial charge in [0.1, 0.15) is 17.3 Å².